The zero-order valence-corrected chi connectivity index (χ0v) is 15.9. The zero-order chi connectivity index (χ0) is 19.7. The summed E-state index contributed by atoms with van der Waals surface area (Å²) in [5.41, 5.74) is 0.961. The first-order valence-corrected chi connectivity index (χ1v) is 8.87. The van der Waals surface area contributed by atoms with Crippen LogP contribution in [0, 0.1) is 0 Å². The van der Waals surface area contributed by atoms with Crippen LogP contribution in [-0.2, 0) is 4.79 Å². The second-order valence-corrected chi connectivity index (χ2v) is 6.74. The smallest absolute Gasteiger partial charge is 0.323 e. The van der Waals surface area contributed by atoms with Gasteiger partial charge in [0, 0.05) is 14.1 Å². The lowest BCUT2D eigenvalue weighted by atomic mass is 10.0. The average molecular weight is 375 g/mol. The van der Waals surface area contributed by atoms with E-state index in [2.05, 4.69) is 10.6 Å². The van der Waals surface area contributed by atoms with E-state index in [1.807, 2.05) is 31.2 Å². The van der Waals surface area contributed by atoms with Crippen molar-refractivity contribution in [2.45, 2.75) is 31.7 Å². The second kappa shape index (κ2) is 7.34. The van der Waals surface area contributed by atoms with Gasteiger partial charge in [-0.3, -0.25) is 9.69 Å². The molecule has 0 unspecified atom stereocenters. The molecule has 2 saturated heterocycles. The standard InChI is InChI=1S/C18H25N5O4/c1-5-13(11-6-8-12(27-4)9-7-11)19-14(24)10-23-16-15(20-17(23)25)21(2)18(26)22(16)3/h6-9,13,15-16H,5,10H2,1-4H3,(H,19,24)(H,20,25)/t13-,15-,16+/m0/s1. The predicted octanol–water partition coefficient (Wildman–Crippen LogP) is 0.937. The molecule has 2 aliphatic rings. The van der Waals surface area contributed by atoms with Gasteiger partial charge in [-0.15, -0.1) is 0 Å². The van der Waals surface area contributed by atoms with E-state index < -0.39 is 12.3 Å². The van der Waals surface area contributed by atoms with Gasteiger partial charge in [0.1, 0.15) is 24.6 Å². The van der Waals surface area contributed by atoms with Crippen LogP contribution < -0.4 is 15.4 Å². The zero-order valence-electron chi connectivity index (χ0n) is 15.9. The maximum atomic E-state index is 12.6. The van der Waals surface area contributed by atoms with Crippen LogP contribution in [-0.4, -0.2) is 72.8 Å². The molecule has 2 aliphatic heterocycles. The van der Waals surface area contributed by atoms with E-state index in [-0.39, 0.29) is 30.6 Å². The van der Waals surface area contributed by atoms with Gasteiger partial charge in [0.05, 0.1) is 13.2 Å². The molecular weight excluding hydrogens is 350 g/mol. The summed E-state index contributed by atoms with van der Waals surface area (Å²) in [5, 5.41) is 5.72. The van der Waals surface area contributed by atoms with Crippen LogP contribution in [0.2, 0.25) is 0 Å². The Balaban J connectivity index is 1.67. The van der Waals surface area contributed by atoms with Gasteiger partial charge in [-0.1, -0.05) is 19.1 Å². The van der Waals surface area contributed by atoms with Crippen molar-refractivity contribution in [3.05, 3.63) is 29.8 Å². The molecule has 1 aromatic rings. The molecule has 0 spiro atoms. The Labute approximate surface area is 158 Å². The number of nitrogens with zero attached hydrogens (tertiary/aromatic N) is 3. The van der Waals surface area contributed by atoms with E-state index in [0.717, 1.165) is 11.3 Å². The third-order valence-corrected chi connectivity index (χ3v) is 5.13. The number of hydrogen-bond acceptors (Lipinski definition) is 4. The number of carbonyl (C=O) groups is 3. The molecule has 2 fully saturated rings. The van der Waals surface area contributed by atoms with Crippen molar-refractivity contribution in [2.24, 2.45) is 0 Å². The number of hydrogen-bond donors (Lipinski definition) is 2. The first-order chi connectivity index (χ1) is 12.9. The summed E-state index contributed by atoms with van der Waals surface area (Å²) in [6, 6.07) is 6.78. The monoisotopic (exact) mass is 375 g/mol. The lowest BCUT2D eigenvalue weighted by Crippen LogP contribution is -2.49. The van der Waals surface area contributed by atoms with Crippen LogP contribution in [0.25, 0.3) is 0 Å². The Kier molecular flexibility index (Phi) is 5.11. The largest absolute Gasteiger partial charge is 0.497 e. The molecule has 146 valence electrons. The van der Waals surface area contributed by atoms with Crippen molar-refractivity contribution in [2.75, 3.05) is 27.7 Å². The summed E-state index contributed by atoms with van der Waals surface area (Å²) in [6.07, 6.45) is -0.245. The Hall–Kier alpha value is -2.97. The molecule has 0 bridgehead atoms. The minimum absolute atomic E-state index is 0.120. The molecule has 0 radical (unpaired) electrons. The normalized spacial score (nSPS) is 22.6. The van der Waals surface area contributed by atoms with Crippen molar-refractivity contribution >= 4 is 18.0 Å². The lowest BCUT2D eigenvalue weighted by molar-refractivity contribution is -0.123. The first kappa shape index (κ1) is 18.8. The summed E-state index contributed by atoms with van der Waals surface area (Å²) in [5.74, 6) is 0.474. The minimum atomic E-state index is -0.498. The quantitative estimate of drug-likeness (QED) is 0.774. The number of carbonyl (C=O) groups excluding carboxylic acids is 3. The van der Waals surface area contributed by atoms with Crippen LogP contribution in [0.4, 0.5) is 9.59 Å². The highest BCUT2D eigenvalue weighted by molar-refractivity contribution is 5.88. The summed E-state index contributed by atoms with van der Waals surface area (Å²) in [4.78, 5) is 41.3. The van der Waals surface area contributed by atoms with Gasteiger partial charge in [0.2, 0.25) is 5.91 Å². The van der Waals surface area contributed by atoms with Crippen LogP contribution >= 0.6 is 0 Å². The first-order valence-electron chi connectivity index (χ1n) is 8.87. The van der Waals surface area contributed by atoms with Crippen molar-refractivity contribution in [3.63, 3.8) is 0 Å². The number of rotatable bonds is 6. The molecule has 0 saturated carbocycles. The van der Waals surface area contributed by atoms with Gasteiger partial charge in [-0.25, -0.2) is 9.59 Å². The SMILES string of the molecule is CC[C@H](NC(=O)CN1C(=O)N[C@@H]2[C@@H]1N(C)C(=O)N2C)c1ccc(OC)cc1. The number of ether oxygens (including phenoxy) is 1. The summed E-state index contributed by atoms with van der Waals surface area (Å²) >= 11 is 0. The van der Waals surface area contributed by atoms with Crippen molar-refractivity contribution < 1.29 is 19.1 Å². The summed E-state index contributed by atoms with van der Waals surface area (Å²) < 4.78 is 5.16. The molecular formula is C18H25N5O4. The molecule has 2 N–H and O–H groups in total. The van der Waals surface area contributed by atoms with Gasteiger partial charge in [0.15, 0.2) is 0 Å². The number of likely N-dealkylation sites (N-methyl/N-ethyl adjacent to an activating group) is 2. The maximum Gasteiger partial charge on any atom is 0.323 e. The number of benzene rings is 1. The fourth-order valence-corrected chi connectivity index (χ4v) is 3.59. The third kappa shape index (κ3) is 3.36. The highest BCUT2D eigenvalue weighted by Gasteiger charge is 2.52. The molecule has 3 rings (SSSR count). The van der Waals surface area contributed by atoms with Gasteiger partial charge < -0.3 is 25.2 Å². The van der Waals surface area contributed by atoms with E-state index >= 15 is 0 Å². The van der Waals surface area contributed by atoms with E-state index in [1.54, 1.807) is 21.2 Å². The van der Waals surface area contributed by atoms with E-state index in [4.69, 9.17) is 4.74 Å². The number of methoxy groups -OCH3 is 1. The van der Waals surface area contributed by atoms with Gasteiger partial charge in [-0.05, 0) is 24.1 Å². The molecule has 27 heavy (non-hydrogen) atoms. The average Bonchev–Trinajstić information content (AvgIpc) is 3.09. The molecule has 2 heterocycles. The van der Waals surface area contributed by atoms with Gasteiger partial charge in [-0.2, -0.15) is 0 Å². The molecule has 5 amide bonds. The molecule has 3 atom stereocenters. The molecule has 0 aliphatic carbocycles. The molecule has 1 aromatic carbocycles. The highest BCUT2D eigenvalue weighted by Crippen LogP contribution is 2.26. The Morgan fingerprint density at radius 3 is 2.48 bits per heavy atom. The van der Waals surface area contributed by atoms with E-state index in [1.165, 1.54) is 14.7 Å². The fraction of sp³-hybridized carbons (Fsp3) is 0.500. The summed E-state index contributed by atoms with van der Waals surface area (Å²) in [7, 11) is 4.86. The van der Waals surface area contributed by atoms with Crippen LogP contribution in [0.15, 0.2) is 24.3 Å². The fourth-order valence-electron chi connectivity index (χ4n) is 3.59. The second-order valence-electron chi connectivity index (χ2n) is 6.74. The van der Waals surface area contributed by atoms with Crippen LogP contribution in [0.5, 0.6) is 5.75 Å². The number of fused-ring (bicyclic) bond motifs is 1. The van der Waals surface area contributed by atoms with Crippen molar-refractivity contribution in [1.29, 1.82) is 0 Å². The van der Waals surface area contributed by atoms with Crippen LogP contribution in [0.1, 0.15) is 24.9 Å². The number of urea groups is 2. The Morgan fingerprint density at radius 1 is 1.22 bits per heavy atom. The maximum absolute atomic E-state index is 12.6. The molecule has 0 aromatic heterocycles. The van der Waals surface area contributed by atoms with Crippen molar-refractivity contribution in [3.8, 4) is 5.75 Å². The Morgan fingerprint density at radius 2 is 1.89 bits per heavy atom. The molecule has 9 heteroatoms. The summed E-state index contributed by atoms with van der Waals surface area (Å²) in [6.45, 7) is 1.86. The van der Waals surface area contributed by atoms with Crippen molar-refractivity contribution in [1.82, 2.24) is 25.3 Å². The third-order valence-electron chi connectivity index (χ3n) is 5.13. The van der Waals surface area contributed by atoms with Gasteiger partial charge in [0.25, 0.3) is 0 Å². The van der Waals surface area contributed by atoms with Gasteiger partial charge >= 0.3 is 12.1 Å². The highest BCUT2D eigenvalue weighted by atomic mass is 16.5. The molecule has 9 nitrogen and oxygen atoms in total. The topological polar surface area (TPSA) is 94.2 Å². The lowest BCUT2D eigenvalue weighted by Gasteiger charge is -2.27. The van der Waals surface area contributed by atoms with E-state index in [0.29, 0.717) is 6.42 Å². The van der Waals surface area contributed by atoms with Crippen LogP contribution in [0.3, 0.4) is 0 Å². The number of amides is 5. The predicted molar refractivity (Wildman–Crippen MR) is 97.9 cm³/mol. The number of nitrogens with one attached hydrogen (secondary N) is 2. The minimum Gasteiger partial charge on any atom is -0.497 e. The Bertz CT molecular complexity index is 738. The van der Waals surface area contributed by atoms with E-state index in [9.17, 15) is 14.4 Å².